The zero-order valence-electron chi connectivity index (χ0n) is 10.2. The Labute approximate surface area is 108 Å². The normalized spacial score (nSPS) is 16.8. The highest BCUT2D eigenvalue weighted by molar-refractivity contribution is 7.80. The Morgan fingerprint density at radius 1 is 1.29 bits per heavy atom. The van der Waals surface area contributed by atoms with Gasteiger partial charge in [-0.25, -0.2) is 0 Å². The van der Waals surface area contributed by atoms with Crippen LogP contribution in [-0.4, -0.2) is 23.9 Å². The van der Waals surface area contributed by atoms with Crippen LogP contribution in [0.25, 0.3) is 0 Å². The van der Waals surface area contributed by atoms with E-state index in [9.17, 15) is 4.79 Å². The van der Waals surface area contributed by atoms with Gasteiger partial charge in [0, 0.05) is 23.5 Å². The Balaban J connectivity index is 2.08. The quantitative estimate of drug-likeness (QED) is 0.797. The number of hydrogen-bond acceptors (Lipinski definition) is 2. The highest BCUT2D eigenvalue weighted by Gasteiger charge is 2.22. The summed E-state index contributed by atoms with van der Waals surface area (Å²) in [5, 5.41) is 0. The summed E-state index contributed by atoms with van der Waals surface area (Å²) in [6.07, 6.45) is 6.08. The molecule has 0 radical (unpaired) electrons. The minimum absolute atomic E-state index is 0.118. The fourth-order valence-electron chi connectivity index (χ4n) is 2.48. The van der Waals surface area contributed by atoms with Gasteiger partial charge in [-0.2, -0.15) is 0 Å². The Morgan fingerprint density at radius 3 is 2.65 bits per heavy atom. The van der Waals surface area contributed by atoms with E-state index < -0.39 is 0 Å². The van der Waals surface area contributed by atoms with Gasteiger partial charge < -0.3 is 4.90 Å². The third-order valence-electron chi connectivity index (χ3n) is 3.54. The first-order valence-electron chi connectivity index (χ1n) is 6.24. The molecule has 92 valence electrons. The van der Waals surface area contributed by atoms with Gasteiger partial charge in [-0.05, 0) is 31.0 Å². The zero-order valence-corrected chi connectivity index (χ0v) is 11.1. The van der Waals surface area contributed by atoms with Crippen molar-refractivity contribution in [3.63, 3.8) is 0 Å². The van der Waals surface area contributed by atoms with Crippen LogP contribution >= 0.6 is 12.6 Å². The maximum atomic E-state index is 12.3. The molecule has 2 nitrogen and oxygen atoms in total. The molecule has 0 bridgehead atoms. The molecule has 0 N–H and O–H groups in total. The van der Waals surface area contributed by atoms with E-state index in [-0.39, 0.29) is 5.91 Å². The third kappa shape index (κ3) is 3.03. The molecule has 0 saturated heterocycles. The van der Waals surface area contributed by atoms with E-state index in [1.54, 1.807) is 0 Å². The highest BCUT2D eigenvalue weighted by Crippen LogP contribution is 2.23. The molecule has 1 saturated carbocycles. The largest absolute Gasteiger partial charge is 0.339 e. The molecular formula is C14H19NOS. The van der Waals surface area contributed by atoms with Crippen LogP contribution in [0, 0.1) is 0 Å². The van der Waals surface area contributed by atoms with Crippen LogP contribution in [0.4, 0.5) is 0 Å². The molecule has 17 heavy (non-hydrogen) atoms. The number of carbonyl (C=O) groups is 1. The van der Waals surface area contributed by atoms with Crippen molar-refractivity contribution in [1.82, 2.24) is 4.90 Å². The molecule has 1 aliphatic rings. The summed E-state index contributed by atoms with van der Waals surface area (Å²) in [6, 6.07) is 7.89. The average molecular weight is 249 g/mol. The van der Waals surface area contributed by atoms with Gasteiger partial charge in [0.25, 0.3) is 5.91 Å². The zero-order chi connectivity index (χ0) is 12.3. The van der Waals surface area contributed by atoms with Gasteiger partial charge in [0.05, 0.1) is 0 Å². The number of carbonyl (C=O) groups excluding carboxylic acids is 1. The summed E-state index contributed by atoms with van der Waals surface area (Å²) in [6.45, 7) is 0. The maximum absolute atomic E-state index is 12.3. The molecule has 1 amide bonds. The number of benzene rings is 1. The Kier molecular flexibility index (Phi) is 4.11. The smallest absolute Gasteiger partial charge is 0.253 e. The Bertz CT molecular complexity index is 399. The second-order valence-corrected chi connectivity index (χ2v) is 5.27. The number of nitrogens with zero attached hydrogens (tertiary/aromatic N) is 1. The number of rotatable bonds is 2. The minimum Gasteiger partial charge on any atom is -0.339 e. The molecule has 0 spiro atoms. The molecule has 0 atom stereocenters. The molecule has 1 aliphatic carbocycles. The lowest BCUT2D eigenvalue weighted by atomic mass is 9.94. The van der Waals surface area contributed by atoms with Crippen LogP contribution in [0.2, 0.25) is 0 Å². The van der Waals surface area contributed by atoms with E-state index >= 15 is 0 Å². The van der Waals surface area contributed by atoms with Crippen molar-refractivity contribution in [2.75, 3.05) is 7.05 Å². The van der Waals surface area contributed by atoms with Gasteiger partial charge in [-0.3, -0.25) is 4.79 Å². The van der Waals surface area contributed by atoms with Gasteiger partial charge in [0.15, 0.2) is 0 Å². The van der Waals surface area contributed by atoms with Crippen molar-refractivity contribution in [3.8, 4) is 0 Å². The van der Waals surface area contributed by atoms with E-state index in [0.29, 0.717) is 6.04 Å². The van der Waals surface area contributed by atoms with Crippen LogP contribution in [0.3, 0.4) is 0 Å². The van der Waals surface area contributed by atoms with Gasteiger partial charge in [-0.1, -0.05) is 25.3 Å². The number of amides is 1. The van der Waals surface area contributed by atoms with Crippen LogP contribution in [0.5, 0.6) is 0 Å². The van der Waals surface area contributed by atoms with E-state index in [4.69, 9.17) is 0 Å². The summed E-state index contributed by atoms with van der Waals surface area (Å²) in [5.41, 5.74) is 0.741. The predicted molar refractivity (Wildman–Crippen MR) is 72.7 cm³/mol. The molecule has 2 rings (SSSR count). The molecule has 0 heterocycles. The van der Waals surface area contributed by atoms with Crippen molar-refractivity contribution in [2.45, 2.75) is 43.0 Å². The van der Waals surface area contributed by atoms with Gasteiger partial charge in [-0.15, -0.1) is 12.6 Å². The molecule has 1 aromatic rings. The molecule has 0 aliphatic heterocycles. The molecule has 1 aromatic carbocycles. The fraction of sp³-hybridized carbons (Fsp3) is 0.500. The van der Waals surface area contributed by atoms with Crippen LogP contribution in [-0.2, 0) is 0 Å². The lowest BCUT2D eigenvalue weighted by Crippen LogP contribution is -2.38. The summed E-state index contributed by atoms with van der Waals surface area (Å²) in [5.74, 6) is 0.118. The predicted octanol–water partition coefficient (Wildman–Crippen LogP) is 3.38. The van der Waals surface area contributed by atoms with Crippen molar-refractivity contribution < 1.29 is 4.79 Å². The van der Waals surface area contributed by atoms with Gasteiger partial charge in [0.2, 0.25) is 0 Å². The lowest BCUT2D eigenvalue weighted by molar-refractivity contribution is 0.0696. The van der Waals surface area contributed by atoms with Crippen LogP contribution < -0.4 is 0 Å². The van der Waals surface area contributed by atoms with Crippen molar-refractivity contribution in [3.05, 3.63) is 29.8 Å². The number of thiol groups is 1. The summed E-state index contributed by atoms with van der Waals surface area (Å²) >= 11 is 4.27. The van der Waals surface area contributed by atoms with E-state index in [0.717, 1.165) is 23.3 Å². The monoisotopic (exact) mass is 249 g/mol. The third-order valence-corrected chi connectivity index (χ3v) is 3.81. The minimum atomic E-state index is 0.118. The number of hydrogen-bond donors (Lipinski definition) is 1. The fourth-order valence-corrected chi connectivity index (χ4v) is 2.70. The van der Waals surface area contributed by atoms with Crippen LogP contribution in [0.15, 0.2) is 29.2 Å². The summed E-state index contributed by atoms with van der Waals surface area (Å²) in [4.78, 5) is 15.0. The Morgan fingerprint density at radius 2 is 2.00 bits per heavy atom. The first kappa shape index (κ1) is 12.5. The van der Waals surface area contributed by atoms with Crippen molar-refractivity contribution in [1.29, 1.82) is 0 Å². The van der Waals surface area contributed by atoms with Gasteiger partial charge >= 0.3 is 0 Å². The first-order valence-corrected chi connectivity index (χ1v) is 6.69. The van der Waals surface area contributed by atoms with Crippen molar-refractivity contribution >= 4 is 18.5 Å². The lowest BCUT2D eigenvalue weighted by Gasteiger charge is -2.31. The Hall–Kier alpha value is -0.960. The first-order chi connectivity index (χ1) is 8.18. The second-order valence-electron chi connectivity index (χ2n) is 4.76. The highest BCUT2D eigenvalue weighted by atomic mass is 32.1. The molecule has 0 unspecified atom stereocenters. The van der Waals surface area contributed by atoms with E-state index in [1.165, 1.54) is 19.3 Å². The maximum Gasteiger partial charge on any atom is 0.253 e. The topological polar surface area (TPSA) is 20.3 Å². The second kappa shape index (κ2) is 5.58. The van der Waals surface area contributed by atoms with Gasteiger partial charge in [0.1, 0.15) is 0 Å². The van der Waals surface area contributed by atoms with E-state index in [2.05, 4.69) is 12.6 Å². The molecular weight excluding hydrogens is 230 g/mol. The van der Waals surface area contributed by atoms with E-state index in [1.807, 2.05) is 36.2 Å². The average Bonchev–Trinajstić information content (AvgIpc) is 2.38. The molecule has 1 fully saturated rings. The SMILES string of the molecule is CN(C(=O)c1cccc(S)c1)C1CCCCC1. The summed E-state index contributed by atoms with van der Waals surface area (Å²) < 4.78 is 0. The summed E-state index contributed by atoms with van der Waals surface area (Å²) in [7, 11) is 1.92. The standard InChI is InChI=1S/C14H19NOS/c1-15(12-7-3-2-4-8-12)14(16)11-6-5-9-13(17)10-11/h5-6,9-10,12,17H,2-4,7-8H2,1H3. The molecule has 0 aromatic heterocycles. The van der Waals surface area contributed by atoms with Crippen molar-refractivity contribution in [2.24, 2.45) is 0 Å². The van der Waals surface area contributed by atoms with Crippen LogP contribution in [0.1, 0.15) is 42.5 Å². The molecule has 3 heteroatoms.